The van der Waals surface area contributed by atoms with Crippen LogP contribution in [0.25, 0.3) is 16.9 Å². The quantitative estimate of drug-likeness (QED) is 0.696. The lowest BCUT2D eigenvalue weighted by Crippen LogP contribution is -2.01. The smallest absolute Gasteiger partial charge is 0.231 e. The van der Waals surface area contributed by atoms with Crippen LogP contribution in [0, 0.1) is 0 Å². The first-order chi connectivity index (χ1) is 11.2. The molecule has 6 nitrogen and oxygen atoms in total. The number of benzene rings is 2. The molecule has 0 N–H and O–H groups in total. The predicted octanol–water partition coefficient (Wildman–Crippen LogP) is 2.87. The fraction of sp³-hybridized carbons (Fsp3) is 0.118. The third-order valence-electron chi connectivity index (χ3n) is 3.65. The van der Waals surface area contributed by atoms with Gasteiger partial charge in [0.25, 0.3) is 0 Å². The molecule has 23 heavy (non-hydrogen) atoms. The van der Waals surface area contributed by atoms with Crippen molar-refractivity contribution in [3.05, 3.63) is 54.2 Å². The minimum Gasteiger partial charge on any atom is -0.454 e. The van der Waals surface area contributed by atoms with Crippen molar-refractivity contribution in [2.75, 3.05) is 6.79 Å². The third-order valence-corrected chi connectivity index (χ3v) is 3.65. The van der Waals surface area contributed by atoms with Crippen molar-refractivity contribution in [1.29, 1.82) is 0 Å². The molecule has 0 aliphatic carbocycles. The van der Waals surface area contributed by atoms with Crippen LogP contribution in [0.15, 0.2) is 48.5 Å². The first-order valence-electron chi connectivity index (χ1n) is 7.16. The minimum absolute atomic E-state index is 0.129. The summed E-state index contributed by atoms with van der Waals surface area (Å²) in [7, 11) is 0. The number of rotatable bonds is 3. The first-order valence-corrected chi connectivity index (χ1v) is 7.16. The topological polar surface area (TPSA) is 66.2 Å². The lowest BCUT2D eigenvalue weighted by atomic mass is 10.1. The second-order valence-electron chi connectivity index (χ2n) is 5.16. The number of ketones is 1. The van der Waals surface area contributed by atoms with Gasteiger partial charge in [-0.25, -0.2) is 4.68 Å². The van der Waals surface area contributed by atoms with E-state index in [9.17, 15) is 4.79 Å². The summed E-state index contributed by atoms with van der Waals surface area (Å²) in [5.41, 5.74) is 2.64. The van der Waals surface area contributed by atoms with Gasteiger partial charge in [0.1, 0.15) is 5.69 Å². The lowest BCUT2D eigenvalue weighted by Gasteiger charge is -2.08. The molecule has 1 aromatic heterocycles. The van der Waals surface area contributed by atoms with Crippen LogP contribution in [-0.4, -0.2) is 27.6 Å². The van der Waals surface area contributed by atoms with E-state index in [2.05, 4.69) is 10.3 Å². The van der Waals surface area contributed by atoms with E-state index >= 15 is 0 Å². The standard InChI is InChI=1S/C17H13N3O3/c1-11(21)16-17(12-5-3-2-4-6-12)20(19-18-16)13-7-8-14-15(9-13)23-10-22-14/h2-9H,10H2,1H3. The average Bonchev–Trinajstić information content (AvgIpc) is 3.21. The van der Waals surface area contributed by atoms with Gasteiger partial charge in [-0.2, -0.15) is 0 Å². The Morgan fingerprint density at radius 3 is 2.65 bits per heavy atom. The fourth-order valence-electron chi connectivity index (χ4n) is 2.57. The molecule has 0 spiro atoms. The summed E-state index contributed by atoms with van der Waals surface area (Å²) in [5, 5.41) is 8.21. The Kier molecular flexibility index (Phi) is 3.08. The summed E-state index contributed by atoms with van der Waals surface area (Å²) in [6.45, 7) is 1.70. The molecule has 3 aromatic rings. The number of aromatic nitrogens is 3. The van der Waals surface area contributed by atoms with Gasteiger partial charge in [0.2, 0.25) is 6.79 Å². The van der Waals surface area contributed by atoms with Gasteiger partial charge in [-0.05, 0) is 12.1 Å². The molecule has 0 amide bonds. The average molecular weight is 307 g/mol. The second kappa shape index (κ2) is 5.24. The van der Waals surface area contributed by atoms with Crippen molar-refractivity contribution in [3.8, 4) is 28.4 Å². The van der Waals surface area contributed by atoms with Crippen molar-refractivity contribution in [3.63, 3.8) is 0 Å². The molecule has 0 fully saturated rings. The van der Waals surface area contributed by atoms with E-state index in [1.807, 2.05) is 48.5 Å². The maximum atomic E-state index is 11.9. The highest BCUT2D eigenvalue weighted by molar-refractivity contribution is 5.98. The Morgan fingerprint density at radius 1 is 1.09 bits per heavy atom. The molecular formula is C17H13N3O3. The highest BCUT2D eigenvalue weighted by Gasteiger charge is 2.21. The Morgan fingerprint density at radius 2 is 1.87 bits per heavy atom. The number of ether oxygens (including phenoxy) is 2. The minimum atomic E-state index is -0.129. The van der Waals surface area contributed by atoms with Gasteiger partial charge in [-0.3, -0.25) is 4.79 Å². The molecule has 1 aliphatic heterocycles. The highest BCUT2D eigenvalue weighted by Crippen LogP contribution is 2.35. The summed E-state index contributed by atoms with van der Waals surface area (Å²) >= 11 is 0. The van der Waals surface area contributed by atoms with Crippen LogP contribution >= 0.6 is 0 Å². The zero-order chi connectivity index (χ0) is 15.8. The number of fused-ring (bicyclic) bond motifs is 1. The molecule has 2 aromatic carbocycles. The highest BCUT2D eigenvalue weighted by atomic mass is 16.7. The van der Waals surface area contributed by atoms with E-state index in [0.29, 0.717) is 22.9 Å². The molecule has 0 atom stereocenters. The molecular weight excluding hydrogens is 294 g/mol. The molecule has 0 saturated heterocycles. The molecule has 0 unspecified atom stereocenters. The second-order valence-corrected chi connectivity index (χ2v) is 5.16. The number of carbonyl (C=O) groups is 1. The first kappa shape index (κ1) is 13.5. The maximum Gasteiger partial charge on any atom is 0.231 e. The van der Waals surface area contributed by atoms with Gasteiger partial charge in [0.15, 0.2) is 23.0 Å². The van der Waals surface area contributed by atoms with Gasteiger partial charge in [0, 0.05) is 18.6 Å². The van der Waals surface area contributed by atoms with E-state index in [-0.39, 0.29) is 12.6 Å². The van der Waals surface area contributed by atoms with Crippen molar-refractivity contribution >= 4 is 5.78 Å². The van der Waals surface area contributed by atoms with E-state index in [4.69, 9.17) is 9.47 Å². The Hall–Kier alpha value is -3.15. The van der Waals surface area contributed by atoms with E-state index in [1.54, 1.807) is 4.68 Å². The lowest BCUT2D eigenvalue weighted by molar-refractivity contribution is 0.101. The normalized spacial score (nSPS) is 12.4. The molecule has 6 heteroatoms. The molecule has 2 heterocycles. The summed E-state index contributed by atoms with van der Waals surface area (Å²) in [6.07, 6.45) is 0. The monoisotopic (exact) mass is 307 g/mol. The van der Waals surface area contributed by atoms with E-state index in [1.165, 1.54) is 6.92 Å². The maximum absolute atomic E-state index is 11.9. The molecule has 114 valence electrons. The van der Waals surface area contributed by atoms with Crippen LogP contribution in [0.2, 0.25) is 0 Å². The number of hydrogen-bond acceptors (Lipinski definition) is 5. The van der Waals surface area contributed by atoms with Gasteiger partial charge < -0.3 is 9.47 Å². The Labute approximate surface area is 132 Å². The third kappa shape index (κ3) is 2.24. The van der Waals surface area contributed by atoms with Crippen molar-refractivity contribution < 1.29 is 14.3 Å². The Bertz CT molecular complexity index is 887. The number of hydrogen-bond donors (Lipinski definition) is 0. The summed E-state index contributed by atoms with van der Waals surface area (Å²) < 4.78 is 12.4. The molecule has 1 aliphatic rings. The van der Waals surface area contributed by atoms with E-state index in [0.717, 1.165) is 11.3 Å². The van der Waals surface area contributed by atoms with Crippen molar-refractivity contribution in [2.45, 2.75) is 6.92 Å². The van der Waals surface area contributed by atoms with Crippen LogP contribution in [0.4, 0.5) is 0 Å². The largest absolute Gasteiger partial charge is 0.454 e. The predicted molar refractivity (Wildman–Crippen MR) is 82.9 cm³/mol. The summed E-state index contributed by atoms with van der Waals surface area (Å²) in [6, 6.07) is 15.1. The molecule has 0 radical (unpaired) electrons. The van der Waals surface area contributed by atoms with Crippen molar-refractivity contribution in [2.24, 2.45) is 0 Å². The molecule has 0 bridgehead atoms. The Balaban J connectivity index is 1.91. The number of Topliss-reactive ketones (excluding diaryl/α,β-unsaturated/α-hetero) is 1. The number of nitrogens with zero attached hydrogens (tertiary/aromatic N) is 3. The molecule has 0 saturated carbocycles. The van der Waals surface area contributed by atoms with Crippen LogP contribution in [0.1, 0.15) is 17.4 Å². The van der Waals surface area contributed by atoms with Gasteiger partial charge >= 0.3 is 0 Å². The van der Waals surface area contributed by atoms with Crippen LogP contribution in [-0.2, 0) is 0 Å². The number of carbonyl (C=O) groups excluding carboxylic acids is 1. The zero-order valence-corrected chi connectivity index (χ0v) is 12.4. The zero-order valence-electron chi connectivity index (χ0n) is 12.4. The fourth-order valence-corrected chi connectivity index (χ4v) is 2.57. The van der Waals surface area contributed by atoms with Crippen LogP contribution in [0.3, 0.4) is 0 Å². The van der Waals surface area contributed by atoms with Gasteiger partial charge in [-0.15, -0.1) is 5.10 Å². The SMILES string of the molecule is CC(=O)c1nnn(-c2ccc3c(c2)OCO3)c1-c1ccccc1. The van der Waals surface area contributed by atoms with Gasteiger partial charge in [0.05, 0.1) is 5.69 Å². The molecule has 4 rings (SSSR count). The van der Waals surface area contributed by atoms with Gasteiger partial charge in [-0.1, -0.05) is 35.5 Å². The van der Waals surface area contributed by atoms with E-state index < -0.39 is 0 Å². The van der Waals surface area contributed by atoms with Crippen LogP contribution < -0.4 is 9.47 Å². The summed E-state index contributed by atoms with van der Waals surface area (Å²) in [4.78, 5) is 11.9. The van der Waals surface area contributed by atoms with Crippen LogP contribution in [0.5, 0.6) is 11.5 Å². The summed E-state index contributed by atoms with van der Waals surface area (Å²) in [5.74, 6) is 1.22. The van der Waals surface area contributed by atoms with Crippen molar-refractivity contribution in [1.82, 2.24) is 15.0 Å².